The van der Waals surface area contributed by atoms with Gasteiger partial charge in [-0.15, -0.1) is 11.3 Å². The number of aromatic nitrogens is 3. The highest BCUT2D eigenvalue weighted by molar-refractivity contribution is 7.11. The second kappa shape index (κ2) is 5.84. The van der Waals surface area contributed by atoms with E-state index in [4.69, 9.17) is 0 Å². The summed E-state index contributed by atoms with van der Waals surface area (Å²) in [5.41, 5.74) is 3.48. The first-order valence-electron chi connectivity index (χ1n) is 6.68. The topological polar surface area (TPSA) is 42.7 Å². The van der Waals surface area contributed by atoms with Crippen LogP contribution in [0.1, 0.15) is 39.9 Å². The molecule has 0 saturated heterocycles. The van der Waals surface area contributed by atoms with Gasteiger partial charge in [0.15, 0.2) is 0 Å². The van der Waals surface area contributed by atoms with Crippen molar-refractivity contribution in [3.63, 3.8) is 0 Å². The Bertz CT molecular complexity index is 556. The summed E-state index contributed by atoms with van der Waals surface area (Å²) >= 11 is 1.79. The van der Waals surface area contributed by atoms with E-state index in [-0.39, 0.29) is 0 Å². The summed E-state index contributed by atoms with van der Waals surface area (Å²) in [6.45, 7) is 9.30. The molecule has 0 radical (unpaired) electrons. The SMILES string of the molecule is CCNC(Cc1cc(C)nn1C)c1sc(C)nc1C. The van der Waals surface area contributed by atoms with Crippen LogP contribution in [-0.2, 0) is 13.5 Å². The third-order valence-electron chi connectivity index (χ3n) is 3.22. The van der Waals surface area contributed by atoms with Gasteiger partial charge in [-0.3, -0.25) is 4.68 Å². The lowest BCUT2D eigenvalue weighted by Gasteiger charge is -2.17. The zero-order valence-corrected chi connectivity index (χ0v) is 13.1. The van der Waals surface area contributed by atoms with Crippen molar-refractivity contribution in [1.29, 1.82) is 0 Å². The van der Waals surface area contributed by atoms with E-state index in [2.05, 4.69) is 42.2 Å². The number of thiazole rings is 1. The Hall–Kier alpha value is -1.20. The largest absolute Gasteiger partial charge is 0.309 e. The molecule has 2 aromatic rings. The molecular formula is C14H22N4S. The van der Waals surface area contributed by atoms with Crippen molar-refractivity contribution < 1.29 is 0 Å². The van der Waals surface area contributed by atoms with Crippen molar-refractivity contribution in [2.24, 2.45) is 7.05 Å². The minimum absolute atomic E-state index is 0.325. The van der Waals surface area contributed by atoms with Gasteiger partial charge < -0.3 is 5.32 Å². The smallest absolute Gasteiger partial charge is 0.0900 e. The molecule has 104 valence electrons. The first-order valence-corrected chi connectivity index (χ1v) is 7.49. The molecule has 5 heteroatoms. The van der Waals surface area contributed by atoms with Crippen LogP contribution in [0.15, 0.2) is 6.07 Å². The highest BCUT2D eigenvalue weighted by Gasteiger charge is 2.18. The minimum Gasteiger partial charge on any atom is -0.309 e. The van der Waals surface area contributed by atoms with Crippen LogP contribution >= 0.6 is 11.3 Å². The first-order chi connectivity index (χ1) is 9.01. The van der Waals surface area contributed by atoms with E-state index in [1.807, 2.05) is 18.7 Å². The molecule has 0 aromatic carbocycles. The maximum absolute atomic E-state index is 4.54. The highest BCUT2D eigenvalue weighted by Crippen LogP contribution is 2.27. The molecule has 1 unspecified atom stereocenters. The van der Waals surface area contributed by atoms with Crippen LogP contribution in [-0.4, -0.2) is 21.3 Å². The van der Waals surface area contributed by atoms with Crippen LogP contribution in [0.2, 0.25) is 0 Å². The zero-order valence-electron chi connectivity index (χ0n) is 12.3. The zero-order chi connectivity index (χ0) is 14.0. The molecule has 19 heavy (non-hydrogen) atoms. The Balaban J connectivity index is 2.26. The number of hydrogen-bond acceptors (Lipinski definition) is 4. The lowest BCUT2D eigenvalue weighted by Crippen LogP contribution is -2.23. The van der Waals surface area contributed by atoms with Gasteiger partial charge in [0, 0.05) is 30.1 Å². The summed E-state index contributed by atoms with van der Waals surface area (Å²) in [5, 5.41) is 9.13. The Kier molecular flexibility index (Phi) is 4.37. The molecule has 2 heterocycles. The fourth-order valence-electron chi connectivity index (χ4n) is 2.44. The number of nitrogens with one attached hydrogen (secondary N) is 1. The van der Waals surface area contributed by atoms with Crippen molar-refractivity contribution in [2.45, 2.75) is 40.2 Å². The van der Waals surface area contributed by atoms with Crippen LogP contribution in [0.3, 0.4) is 0 Å². The van der Waals surface area contributed by atoms with Gasteiger partial charge in [0.1, 0.15) is 0 Å². The molecule has 2 rings (SSSR count). The van der Waals surface area contributed by atoms with E-state index < -0.39 is 0 Å². The monoisotopic (exact) mass is 278 g/mol. The molecule has 0 amide bonds. The van der Waals surface area contributed by atoms with Crippen LogP contribution in [0.25, 0.3) is 0 Å². The van der Waals surface area contributed by atoms with Gasteiger partial charge in [-0.05, 0) is 33.4 Å². The quantitative estimate of drug-likeness (QED) is 0.914. The molecule has 1 atom stereocenters. The van der Waals surface area contributed by atoms with Crippen molar-refractivity contribution in [1.82, 2.24) is 20.1 Å². The maximum Gasteiger partial charge on any atom is 0.0900 e. The lowest BCUT2D eigenvalue weighted by atomic mass is 10.1. The third-order valence-corrected chi connectivity index (χ3v) is 4.41. The number of likely N-dealkylation sites (N-methyl/N-ethyl adjacent to an activating group) is 1. The molecule has 4 nitrogen and oxygen atoms in total. The third kappa shape index (κ3) is 3.22. The summed E-state index contributed by atoms with van der Waals surface area (Å²) in [4.78, 5) is 5.89. The van der Waals surface area contributed by atoms with Gasteiger partial charge in [-0.25, -0.2) is 4.98 Å². The van der Waals surface area contributed by atoms with Crippen LogP contribution in [0.5, 0.6) is 0 Å². The summed E-state index contributed by atoms with van der Waals surface area (Å²) in [6.07, 6.45) is 0.952. The normalized spacial score (nSPS) is 12.9. The molecule has 0 saturated carbocycles. The molecule has 1 N–H and O–H groups in total. The van der Waals surface area contributed by atoms with Gasteiger partial charge in [0.05, 0.1) is 16.4 Å². The highest BCUT2D eigenvalue weighted by atomic mass is 32.1. The predicted molar refractivity (Wildman–Crippen MR) is 79.7 cm³/mol. The summed E-state index contributed by atoms with van der Waals surface area (Å²) < 4.78 is 1.98. The van der Waals surface area contributed by atoms with E-state index in [0.29, 0.717) is 6.04 Å². The fraction of sp³-hybridized carbons (Fsp3) is 0.571. The van der Waals surface area contributed by atoms with Crippen molar-refractivity contribution in [3.05, 3.63) is 33.0 Å². The first kappa shape index (κ1) is 14.2. The van der Waals surface area contributed by atoms with Gasteiger partial charge in [0.2, 0.25) is 0 Å². The Labute approximate surface area is 118 Å². The molecule has 0 aliphatic carbocycles. The van der Waals surface area contributed by atoms with Crippen molar-refractivity contribution in [3.8, 4) is 0 Å². The van der Waals surface area contributed by atoms with E-state index in [1.165, 1.54) is 10.6 Å². The van der Waals surface area contributed by atoms with Gasteiger partial charge in [-0.1, -0.05) is 6.92 Å². The van der Waals surface area contributed by atoms with E-state index >= 15 is 0 Å². The van der Waals surface area contributed by atoms with E-state index in [0.717, 1.165) is 29.4 Å². The molecule has 0 fully saturated rings. The molecule has 0 spiro atoms. The molecule has 0 bridgehead atoms. The predicted octanol–water partition coefficient (Wildman–Crippen LogP) is 2.70. The van der Waals surface area contributed by atoms with Crippen molar-refractivity contribution in [2.75, 3.05) is 6.54 Å². The number of rotatable bonds is 5. The molecule has 0 aliphatic heterocycles. The van der Waals surface area contributed by atoms with E-state index in [1.54, 1.807) is 11.3 Å². The summed E-state index contributed by atoms with van der Waals surface area (Å²) in [6, 6.07) is 2.49. The standard InChI is InChI=1S/C14H22N4S/c1-6-15-13(14-10(3)16-11(4)19-14)8-12-7-9(2)17-18(12)5/h7,13,15H,6,8H2,1-5H3. The Morgan fingerprint density at radius 1 is 1.37 bits per heavy atom. The average Bonchev–Trinajstić information content (AvgIpc) is 2.81. The van der Waals surface area contributed by atoms with Crippen LogP contribution in [0, 0.1) is 20.8 Å². The molecule has 2 aromatic heterocycles. The molecular weight excluding hydrogens is 256 g/mol. The van der Waals surface area contributed by atoms with Gasteiger partial charge in [-0.2, -0.15) is 5.10 Å². The second-order valence-electron chi connectivity index (χ2n) is 4.90. The number of aryl methyl sites for hydroxylation is 4. The average molecular weight is 278 g/mol. The van der Waals surface area contributed by atoms with E-state index in [9.17, 15) is 0 Å². The summed E-state index contributed by atoms with van der Waals surface area (Å²) in [5.74, 6) is 0. The number of nitrogens with zero attached hydrogens (tertiary/aromatic N) is 3. The Morgan fingerprint density at radius 3 is 2.58 bits per heavy atom. The maximum atomic E-state index is 4.54. The fourth-order valence-corrected chi connectivity index (χ4v) is 3.44. The molecule has 0 aliphatic rings. The van der Waals surface area contributed by atoms with Crippen LogP contribution < -0.4 is 5.32 Å². The second-order valence-corrected chi connectivity index (χ2v) is 6.13. The summed E-state index contributed by atoms with van der Waals surface area (Å²) in [7, 11) is 2.01. The van der Waals surface area contributed by atoms with Crippen LogP contribution in [0.4, 0.5) is 0 Å². The lowest BCUT2D eigenvalue weighted by molar-refractivity contribution is 0.533. The Morgan fingerprint density at radius 2 is 2.11 bits per heavy atom. The van der Waals surface area contributed by atoms with Crippen molar-refractivity contribution >= 4 is 11.3 Å². The number of hydrogen-bond donors (Lipinski definition) is 1. The minimum atomic E-state index is 0.325. The van der Waals surface area contributed by atoms with Gasteiger partial charge in [0.25, 0.3) is 0 Å². The van der Waals surface area contributed by atoms with Gasteiger partial charge >= 0.3 is 0 Å².